The van der Waals surface area contributed by atoms with Crippen LogP contribution in [0.4, 0.5) is 4.79 Å². The second kappa shape index (κ2) is 9.34. The van der Waals surface area contributed by atoms with Crippen LogP contribution in [-0.4, -0.2) is 53.0 Å². The van der Waals surface area contributed by atoms with Crippen molar-refractivity contribution in [2.45, 2.75) is 96.1 Å². The van der Waals surface area contributed by atoms with Crippen molar-refractivity contribution in [3.8, 4) is 0 Å². The molecule has 5 aliphatic rings. The summed E-state index contributed by atoms with van der Waals surface area (Å²) in [6.07, 6.45) is 11.0. The van der Waals surface area contributed by atoms with Crippen LogP contribution in [-0.2, 0) is 14.3 Å². The third-order valence-electron chi connectivity index (χ3n) is 11.2. The first-order valence-electron chi connectivity index (χ1n) is 13.9. The predicted molar refractivity (Wildman–Crippen MR) is 133 cm³/mol. The van der Waals surface area contributed by atoms with Crippen molar-refractivity contribution < 1.29 is 29.3 Å². The van der Waals surface area contributed by atoms with Gasteiger partial charge in [-0.3, -0.25) is 4.79 Å². The molecule has 0 unspecified atom stereocenters. The molecule has 4 fully saturated rings. The topological polar surface area (TPSA) is 125 Å². The molecule has 0 saturated heterocycles. The van der Waals surface area contributed by atoms with Crippen LogP contribution in [0.1, 0.15) is 84.5 Å². The van der Waals surface area contributed by atoms with E-state index >= 15 is 0 Å². The molecule has 0 spiro atoms. The van der Waals surface area contributed by atoms with Crippen molar-refractivity contribution in [3.05, 3.63) is 11.6 Å². The molecule has 0 bridgehead atoms. The van der Waals surface area contributed by atoms with Crippen LogP contribution >= 0.6 is 0 Å². The van der Waals surface area contributed by atoms with E-state index in [9.17, 15) is 19.5 Å². The van der Waals surface area contributed by atoms with Gasteiger partial charge >= 0.3 is 18.0 Å². The predicted octanol–water partition coefficient (Wildman–Crippen LogP) is 3.78. The van der Waals surface area contributed by atoms with Crippen LogP contribution in [0.25, 0.3) is 0 Å². The molecular formula is C28H42N2O6. The first-order chi connectivity index (χ1) is 17.1. The number of aliphatic hydroxyl groups is 1. The Labute approximate surface area is 213 Å². The van der Waals surface area contributed by atoms with Crippen molar-refractivity contribution in [1.82, 2.24) is 10.6 Å². The average molecular weight is 503 g/mol. The number of carboxylic acids is 1. The normalized spacial score (nSPS) is 43.5. The van der Waals surface area contributed by atoms with E-state index in [4.69, 9.17) is 9.84 Å². The lowest BCUT2D eigenvalue weighted by atomic mass is 9.43. The molecule has 4 aliphatic carbocycles. The van der Waals surface area contributed by atoms with Crippen LogP contribution < -0.4 is 10.6 Å². The first kappa shape index (κ1) is 25.6. The molecule has 8 heteroatoms. The number of carbonyl (C=O) groups is 3. The Bertz CT molecular complexity index is 950. The van der Waals surface area contributed by atoms with E-state index in [1.807, 2.05) is 0 Å². The lowest BCUT2D eigenvalue weighted by Gasteiger charge is -2.63. The van der Waals surface area contributed by atoms with Gasteiger partial charge in [-0.25, -0.2) is 9.59 Å². The van der Waals surface area contributed by atoms with Crippen molar-refractivity contribution in [2.24, 2.45) is 34.5 Å². The Hall–Kier alpha value is -2.09. The number of rotatable bonds is 6. The van der Waals surface area contributed by atoms with E-state index in [1.54, 1.807) is 6.08 Å². The van der Waals surface area contributed by atoms with Gasteiger partial charge in [0.25, 0.3) is 0 Å². The summed E-state index contributed by atoms with van der Waals surface area (Å²) in [5.74, 6) is 0.412. The molecule has 8 nitrogen and oxygen atoms in total. The Morgan fingerprint density at radius 2 is 1.89 bits per heavy atom. The average Bonchev–Trinajstić information content (AvgIpc) is 3.37. The fourth-order valence-electron chi connectivity index (χ4n) is 9.22. The van der Waals surface area contributed by atoms with Crippen molar-refractivity contribution >= 4 is 18.0 Å². The summed E-state index contributed by atoms with van der Waals surface area (Å²) in [7, 11) is 0. The van der Waals surface area contributed by atoms with Crippen molar-refractivity contribution in [3.63, 3.8) is 0 Å². The largest absolute Gasteiger partial charge is 0.481 e. The number of carbonyl (C=O) groups excluding carboxylic acids is 2. The number of cyclic esters (lactones) is 1. The number of fused-ring (bicyclic) bond motifs is 5. The molecule has 4 saturated carbocycles. The second-order valence-electron chi connectivity index (χ2n) is 12.7. The van der Waals surface area contributed by atoms with Gasteiger partial charge in [0.1, 0.15) is 6.61 Å². The summed E-state index contributed by atoms with van der Waals surface area (Å²) >= 11 is 0. The highest BCUT2D eigenvalue weighted by atomic mass is 16.5. The van der Waals surface area contributed by atoms with Gasteiger partial charge in [-0.05, 0) is 98.9 Å². The van der Waals surface area contributed by atoms with Gasteiger partial charge in [-0.1, -0.05) is 13.8 Å². The van der Waals surface area contributed by atoms with Gasteiger partial charge in [0, 0.05) is 30.5 Å². The van der Waals surface area contributed by atoms with Crippen LogP contribution in [0.15, 0.2) is 11.6 Å². The van der Waals surface area contributed by atoms with Crippen molar-refractivity contribution in [1.29, 1.82) is 0 Å². The Morgan fingerprint density at radius 1 is 1.08 bits per heavy atom. The number of ether oxygens (including phenoxy) is 1. The molecule has 0 aromatic heterocycles. The maximum atomic E-state index is 12.3. The number of carboxylic acid groups (broad SMARTS) is 1. The SMILES string of the molecule is C[C@]12CC[C@H](NC(=O)NCCCC(=O)O)C[C@H]1CC[C@@H]1[C@@H]2CC[C@]2(C)[C@@H](C3=CC(=O)OC3)CC[C@]12O. The minimum atomic E-state index is -0.847. The molecule has 0 radical (unpaired) electrons. The summed E-state index contributed by atoms with van der Waals surface area (Å²) in [4.78, 5) is 34.8. The monoisotopic (exact) mass is 502 g/mol. The summed E-state index contributed by atoms with van der Waals surface area (Å²) in [6, 6.07) is -0.0650. The number of nitrogens with one attached hydrogen (secondary N) is 2. The molecule has 36 heavy (non-hydrogen) atoms. The van der Waals surface area contributed by atoms with E-state index in [-0.39, 0.29) is 47.1 Å². The Morgan fingerprint density at radius 3 is 2.61 bits per heavy atom. The van der Waals surface area contributed by atoms with Crippen molar-refractivity contribution in [2.75, 3.05) is 13.2 Å². The van der Waals surface area contributed by atoms with E-state index in [0.29, 0.717) is 31.4 Å². The summed E-state index contributed by atoms with van der Waals surface area (Å²) < 4.78 is 5.23. The molecule has 1 heterocycles. The fraction of sp³-hybridized carbons (Fsp3) is 0.821. The minimum Gasteiger partial charge on any atom is -0.481 e. The third-order valence-corrected chi connectivity index (χ3v) is 11.2. The summed E-state index contributed by atoms with van der Waals surface area (Å²) in [5.41, 5.74) is 0.324. The first-order valence-corrected chi connectivity index (χ1v) is 13.9. The molecule has 4 N–H and O–H groups in total. The molecule has 5 rings (SSSR count). The molecule has 8 atom stereocenters. The van der Waals surface area contributed by atoms with Gasteiger partial charge < -0.3 is 25.6 Å². The van der Waals surface area contributed by atoms with Crippen LogP contribution in [0.3, 0.4) is 0 Å². The van der Waals surface area contributed by atoms with Gasteiger partial charge in [0.05, 0.1) is 5.60 Å². The van der Waals surface area contributed by atoms with E-state index in [2.05, 4.69) is 24.5 Å². The second-order valence-corrected chi connectivity index (χ2v) is 12.7. The van der Waals surface area contributed by atoms with E-state index in [1.165, 1.54) is 0 Å². The maximum absolute atomic E-state index is 12.3. The zero-order valence-electron chi connectivity index (χ0n) is 21.7. The number of hydrogen-bond donors (Lipinski definition) is 4. The van der Waals surface area contributed by atoms with Crippen LogP contribution in [0, 0.1) is 34.5 Å². The highest BCUT2D eigenvalue weighted by Gasteiger charge is 2.67. The van der Waals surface area contributed by atoms with Gasteiger partial charge in [-0.2, -0.15) is 0 Å². The Balaban J connectivity index is 1.23. The maximum Gasteiger partial charge on any atom is 0.331 e. The van der Waals surface area contributed by atoms with E-state index in [0.717, 1.165) is 63.4 Å². The number of urea groups is 1. The number of amides is 2. The highest BCUT2D eigenvalue weighted by Crippen LogP contribution is 2.69. The Kier molecular flexibility index (Phi) is 6.63. The zero-order valence-corrected chi connectivity index (χ0v) is 21.7. The molecule has 200 valence electrons. The lowest BCUT2D eigenvalue weighted by molar-refractivity contribution is -0.204. The molecule has 0 aromatic rings. The summed E-state index contributed by atoms with van der Waals surface area (Å²) in [5, 5.41) is 27.0. The fourth-order valence-corrected chi connectivity index (χ4v) is 9.22. The smallest absolute Gasteiger partial charge is 0.331 e. The van der Waals surface area contributed by atoms with Gasteiger partial charge in [0.2, 0.25) is 0 Å². The highest BCUT2D eigenvalue weighted by molar-refractivity contribution is 5.85. The minimum absolute atomic E-state index is 0.0579. The van der Waals surface area contributed by atoms with Gasteiger partial charge in [-0.15, -0.1) is 0 Å². The third kappa shape index (κ3) is 4.13. The van der Waals surface area contributed by atoms with E-state index < -0.39 is 11.6 Å². The quantitative estimate of drug-likeness (QED) is 0.324. The molecular weight excluding hydrogens is 460 g/mol. The zero-order chi connectivity index (χ0) is 25.7. The van der Waals surface area contributed by atoms with Crippen LogP contribution in [0.2, 0.25) is 0 Å². The molecule has 2 amide bonds. The standard InChI is InChI=1S/C28H42N2O6/c1-26-10-7-19(30-25(34)29-13-3-4-23(31)32)15-18(26)5-6-22-21(26)8-11-27(2)20(9-12-28(22,27)35)17-14-24(33)36-16-17/h14,18-22,35H,3-13,15-16H2,1-2H3,(H,31,32)(H2,29,30,34)/t18-,19+,20-,21+,22-,26+,27-,28+/m1/s1. The number of esters is 1. The summed E-state index contributed by atoms with van der Waals surface area (Å²) in [6.45, 7) is 5.44. The molecule has 0 aromatic carbocycles. The molecule has 1 aliphatic heterocycles. The number of aliphatic carboxylic acids is 1. The van der Waals surface area contributed by atoms with Gasteiger partial charge in [0.15, 0.2) is 0 Å². The lowest BCUT2D eigenvalue weighted by Crippen LogP contribution is -2.62. The number of hydrogen-bond acceptors (Lipinski definition) is 5. The van der Waals surface area contributed by atoms with Crippen LogP contribution in [0.5, 0.6) is 0 Å².